The van der Waals surface area contributed by atoms with E-state index < -0.39 is 11.9 Å². The maximum absolute atomic E-state index is 12.5. The first-order chi connectivity index (χ1) is 12.8. The maximum atomic E-state index is 12.5. The Balaban J connectivity index is 2.01. The number of aromatic nitrogens is 3. The van der Waals surface area contributed by atoms with Crippen LogP contribution in [0.4, 0.5) is 18.9 Å². The van der Waals surface area contributed by atoms with Gasteiger partial charge in [0, 0.05) is 18.2 Å². The van der Waals surface area contributed by atoms with E-state index in [1.165, 1.54) is 24.3 Å². The highest BCUT2D eigenvalue weighted by molar-refractivity contribution is 5.94. The van der Waals surface area contributed by atoms with Crippen LogP contribution < -0.4 is 15.6 Å². The van der Waals surface area contributed by atoms with Crippen molar-refractivity contribution in [3.63, 3.8) is 0 Å². The number of anilines is 1. The van der Waals surface area contributed by atoms with Crippen molar-refractivity contribution in [1.29, 1.82) is 0 Å². The predicted molar refractivity (Wildman–Crippen MR) is 91.5 cm³/mol. The van der Waals surface area contributed by atoms with E-state index in [2.05, 4.69) is 26.6 Å². The molecule has 0 aliphatic rings. The van der Waals surface area contributed by atoms with E-state index >= 15 is 0 Å². The van der Waals surface area contributed by atoms with Gasteiger partial charge in [-0.05, 0) is 12.1 Å². The largest absolute Gasteiger partial charge is 0.573 e. The first-order valence-corrected chi connectivity index (χ1v) is 7.60. The lowest BCUT2D eigenvalue weighted by Crippen LogP contribution is -2.20. The van der Waals surface area contributed by atoms with Gasteiger partial charge in [0.2, 0.25) is 0 Å². The molecule has 0 aliphatic carbocycles. The zero-order valence-electron chi connectivity index (χ0n) is 13.7. The fourth-order valence-corrected chi connectivity index (χ4v) is 2.53. The van der Waals surface area contributed by atoms with Crippen LogP contribution >= 0.6 is 0 Å². The van der Waals surface area contributed by atoms with Crippen LogP contribution in [0.2, 0.25) is 0 Å². The average Bonchev–Trinajstić information content (AvgIpc) is 2.62. The topological polar surface area (TPSA) is 89.3 Å². The second-order valence-corrected chi connectivity index (χ2v) is 5.38. The Hall–Kier alpha value is -3.56. The number of fused-ring (bicyclic) bond motifs is 1. The minimum atomic E-state index is -4.83. The van der Waals surface area contributed by atoms with E-state index in [0.29, 0.717) is 15.8 Å². The number of rotatable bonds is 5. The molecule has 7 nitrogen and oxygen atoms in total. The van der Waals surface area contributed by atoms with Crippen molar-refractivity contribution in [2.24, 2.45) is 0 Å². The highest BCUT2D eigenvalue weighted by Gasteiger charge is 2.32. The molecular weight excluding hydrogens is 365 g/mol. The van der Waals surface area contributed by atoms with E-state index in [1.54, 1.807) is 6.07 Å². The third-order valence-electron chi connectivity index (χ3n) is 3.66. The second-order valence-electron chi connectivity index (χ2n) is 5.38. The lowest BCUT2D eigenvalue weighted by atomic mass is 10.1. The van der Waals surface area contributed by atoms with Crippen LogP contribution in [0, 0.1) is 0 Å². The highest BCUT2D eigenvalue weighted by atomic mass is 19.4. The molecule has 1 aromatic carbocycles. The first kappa shape index (κ1) is 18.2. The number of ether oxygens (including phenoxy) is 1. The molecule has 0 bridgehead atoms. The van der Waals surface area contributed by atoms with Crippen molar-refractivity contribution in [2.75, 3.05) is 5.32 Å². The van der Waals surface area contributed by atoms with Gasteiger partial charge in [-0.15, -0.1) is 17.9 Å². The maximum Gasteiger partial charge on any atom is 0.573 e. The molecular formula is C17H13F3N4O3. The summed E-state index contributed by atoms with van der Waals surface area (Å²) in [5, 5.41) is 13.0. The summed E-state index contributed by atoms with van der Waals surface area (Å²) < 4.78 is 42.0. The van der Waals surface area contributed by atoms with E-state index in [-0.39, 0.29) is 29.2 Å². The number of nitrogens with one attached hydrogen (secondary N) is 1. The third-order valence-corrected chi connectivity index (χ3v) is 3.66. The molecule has 0 aliphatic heterocycles. The summed E-state index contributed by atoms with van der Waals surface area (Å²) in [5.74, 6) is -0.363. The SMILES string of the molecule is C=Cc1ncnc2c1c(NCc1ccccc1OC(F)(F)F)cc(=O)n2O. The molecule has 140 valence electrons. The molecule has 0 saturated heterocycles. The number of hydrogen-bond donors (Lipinski definition) is 2. The Morgan fingerprint density at radius 2 is 2.04 bits per heavy atom. The van der Waals surface area contributed by atoms with Crippen molar-refractivity contribution < 1.29 is 23.1 Å². The summed E-state index contributed by atoms with van der Waals surface area (Å²) in [7, 11) is 0. The summed E-state index contributed by atoms with van der Waals surface area (Å²) >= 11 is 0. The standard InChI is InChI=1S/C17H13F3N4O3/c1-2-11-15-12(7-14(25)24(26)16(15)23-9-22-11)21-8-10-5-3-4-6-13(10)27-17(18,19)20/h2-7,9,21,26H,1,8H2. The highest BCUT2D eigenvalue weighted by Crippen LogP contribution is 2.28. The van der Waals surface area contributed by atoms with Gasteiger partial charge in [0.15, 0.2) is 5.65 Å². The van der Waals surface area contributed by atoms with Gasteiger partial charge in [-0.2, -0.15) is 0 Å². The fourth-order valence-electron chi connectivity index (χ4n) is 2.53. The minimum Gasteiger partial charge on any atom is -0.423 e. The van der Waals surface area contributed by atoms with Gasteiger partial charge in [-0.25, -0.2) is 9.97 Å². The molecule has 2 N–H and O–H groups in total. The van der Waals surface area contributed by atoms with Gasteiger partial charge in [-0.3, -0.25) is 4.79 Å². The van der Waals surface area contributed by atoms with Crippen LogP contribution in [0.25, 0.3) is 17.1 Å². The number of halogens is 3. The Labute approximate surface area is 150 Å². The van der Waals surface area contributed by atoms with Crippen LogP contribution in [0.3, 0.4) is 0 Å². The van der Waals surface area contributed by atoms with Crippen LogP contribution in [0.1, 0.15) is 11.3 Å². The Kier molecular flexibility index (Phi) is 4.72. The van der Waals surface area contributed by atoms with Gasteiger partial charge in [0.1, 0.15) is 12.1 Å². The molecule has 0 saturated carbocycles. The van der Waals surface area contributed by atoms with Crippen LogP contribution in [0.15, 0.2) is 48.0 Å². The lowest BCUT2D eigenvalue weighted by molar-refractivity contribution is -0.274. The number of nitrogens with zero attached hydrogens (tertiary/aromatic N) is 3. The van der Waals surface area contributed by atoms with E-state index in [9.17, 15) is 23.2 Å². The summed E-state index contributed by atoms with van der Waals surface area (Å²) in [5.41, 5.74) is -0.0378. The number of hydrogen-bond acceptors (Lipinski definition) is 6. The molecule has 3 rings (SSSR count). The molecule has 3 aromatic rings. The molecule has 0 unspecified atom stereocenters. The van der Waals surface area contributed by atoms with Gasteiger partial charge >= 0.3 is 6.36 Å². The van der Waals surface area contributed by atoms with Crippen LogP contribution in [-0.4, -0.2) is 26.3 Å². The molecule has 2 aromatic heterocycles. The second kappa shape index (κ2) is 6.98. The molecule has 27 heavy (non-hydrogen) atoms. The zero-order chi connectivity index (χ0) is 19.6. The predicted octanol–water partition coefficient (Wildman–Crippen LogP) is 3.18. The molecule has 0 fully saturated rings. The van der Waals surface area contributed by atoms with E-state index in [0.717, 1.165) is 12.4 Å². The van der Waals surface area contributed by atoms with Crippen LogP contribution in [-0.2, 0) is 6.54 Å². The van der Waals surface area contributed by atoms with Gasteiger partial charge in [-0.1, -0.05) is 24.8 Å². The van der Waals surface area contributed by atoms with Crippen molar-refractivity contribution in [1.82, 2.24) is 14.7 Å². The van der Waals surface area contributed by atoms with E-state index in [1.807, 2.05) is 0 Å². The molecule has 10 heteroatoms. The van der Waals surface area contributed by atoms with Crippen molar-refractivity contribution in [3.8, 4) is 5.75 Å². The monoisotopic (exact) mass is 378 g/mol. The number of alkyl halides is 3. The molecule has 2 heterocycles. The van der Waals surface area contributed by atoms with Gasteiger partial charge in [0.25, 0.3) is 5.56 Å². The minimum absolute atomic E-state index is 0.0604. The summed E-state index contributed by atoms with van der Waals surface area (Å²) in [4.78, 5) is 19.8. The van der Waals surface area contributed by atoms with Gasteiger partial charge in [0.05, 0.1) is 16.8 Å². The average molecular weight is 378 g/mol. The summed E-state index contributed by atoms with van der Waals surface area (Å²) in [6.07, 6.45) is -2.27. The Morgan fingerprint density at radius 3 is 2.74 bits per heavy atom. The normalized spacial score (nSPS) is 11.4. The van der Waals surface area contributed by atoms with Crippen LogP contribution in [0.5, 0.6) is 5.75 Å². The van der Waals surface area contributed by atoms with Gasteiger partial charge < -0.3 is 15.3 Å². The zero-order valence-corrected chi connectivity index (χ0v) is 13.7. The molecule has 0 spiro atoms. The summed E-state index contributed by atoms with van der Waals surface area (Å²) in [6, 6.07) is 6.70. The summed E-state index contributed by atoms with van der Waals surface area (Å²) in [6.45, 7) is 3.53. The molecule has 0 radical (unpaired) electrons. The fraction of sp³-hybridized carbons (Fsp3) is 0.118. The number of para-hydroxylation sites is 1. The Morgan fingerprint density at radius 1 is 1.30 bits per heavy atom. The number of pyridine rings is 1. The van der Waals surface area contributed by atoms with Crippen molar-refractivity contribution >= 4 is 22.8 Å². The molecule has 0 amide bonds. The number of benzene rings is 1. The lowest BCUT2D eigenvalue weighted by Gasteiger charge is -2.15. The van der Waals surface area contributed by atoms with Crippen molar-refractivity contribution in [2.45, 2.75) is 12.9 Å². The smallest absolute Gasteiger partial charge is 0.423 e. The van der Waals surface area contributed by atoms with Crippen molar-refractivity contribution in [3.05, 3.63) is 64.8 Å². The first-order valence-electron chi connectivity index (χ1n) is 7.60. The molecule has 0 atom stereocenters. The quantitative estimate of drug-likeness (QED) is 0.663. The Bertz CT molecular complexity index is 1060. The van der Waals surface area contributed by atoms with E-state index in [4.69, 9.17) is 0 Å². The third kappa shape index (κ3) is 3.84.